The third kappa shape index (κ3) is 3.23. The van der Waals surface area contributed by atoms with Crippen molar-refractivity contribution in [1.82, 2.24) is 15.0 Å². The maximum Gasteiger partial charge on any atom is 0.258 e. The number of benzene rings is 2. The molecule has 2 aromatic carbocycles. The molecule has 0 spiro atoms. The molecule has 1 saturated heterocycles. The van der Waals surface area contributed by atoms with Crippen molar-refractivity contribution >= 4 is 5.91 Å². The minimum absolute atomic E-state index is 0.0815. The van der Waals surface area contributed by atoms with Gasteiger partial charge < -0.3 is 19.3 Å². The zero-order chi connectivity index (χ0) is 18.8. The third-order valence-corrected chi connectivity index (χ3v) is 4.71. The van der Waals surface area contributed by atoms with Crippen LogP contribution in [0.1, 0.15) is 35.1 Å². The molecule has 27 heavy (non-hydrogen) atoms. The first-order valence-corrected chi connectivity index (χ1v) is 8.74. The van der Waals surface area contributed by atoms with E-state index >= 15 is 0 Å². The molecular formula is C20H19N3O4. The predicted molar refractivity (Wildman–Crippen MR) is 97.4 cm³/mol. The first-order chi connectivity index (χ1) is 13.2. The molecule has 1 aliphatic rings. The minimum atomic E-state index is -0.312. The fourth-order valence-electron chi connectivity index (χ4n) is 3.31. The number of aromatic nitrogens is 2. The number of rotatable bonds is 4. The molecule has 0 radical (unpaired) electrons. The summed E-state index contributed by atoms with van der Waals surface area (Å²) in [5.41, 5.74) is 1.05. The molecular weight excluding hydrogens is 346 g/mol. The number of phenolic OH excluding ortho intramolecular Hbond substituents is 1. The summed E-state index contributed by atoms with van der Waals surface area (Å²) < 4.78 is 10.6. The van der Waals surface area contributed by atoms with E-state index in [0.29, 0.717) is 24.0 Å². The van der Waals surface area contributed by atoms with Gasteiger partial charge in [0.25, 0.3) is 5.91 Å². The number of hydrogen-bond acceptors (Lipinski definition) is 6. The van der Waals surface area contributed by atoms with E-state index in [9.17, 15) is 9.90 Å². The van der Waals surface area contributed by atoms with Crippen LogP contribution in [0.25, 0.3) is 11.4 Å². The molecule has 1 fully saturated rings. The number of methoxy groups -OCH3 is 1. The van der Waals surface area contributed by atoms with Crippen LogP contribution >= 0.6 is 0 Å². The fraction of sp³-hybridized carbons (Fsp3) is 0.250. The molecule has 7 heteroatoms. The second-order valence-electron chi connectivity index (χ2n) is 6.36. The third-order valence-electron chi connectivity index (χ3n) is 4.71. The van der Waals surface area contributed by atoms with Gasteiger partial charge in [-0.3, -0.25) is 4.79 Å². The molecule has 3 aromatic rings. The average Bonchev–Trinajstić information content (AvgIpc) is 3.38. The topological polar surface area (TPSA) is 88.7 Å². The monoisotopic (exact) mass is 365 g/mol. The van der Waals surface area contributed by atoms with E-state index in [0.717, 1.165) is 18.4 Å². The highest BCUT2D eigenvalue weighted by atomic mass is 16.5. The van der Waals surface area contributed by atoms with Crippen molar-refractivity contribution in [3.8, 4) is 22.9 Å². The highest BCUT2D eigenvalue weighted by molar-refractivity contribution is 5.97. The summed E-state index contributed by atoms with van der Waals surface area (Å²) in [4.78, 5) is 19.2. The smallest absolute Gasteiger partial charge is 0.258 e. The van der Waals surface area contributed by atoms with Crippen molar-refractivity contribution in [2.75, 3.05) is 13.7 Å². The number of likely N-dealkylation sites (tertiary alicyclic amines) is 1. The molecule has 7 nitrogen and oxygen atoms in total. The second-order valence-corrected chi connectivity index (χ2v) is 6.36. The molecule has 0 saturated carbocycles. The van der Waals surface area contributed by atoms with Gasteiger partial charge in [-0.1, -0.05) is 35.5 Å². The van der Waals surface area contributed by atoms with E-state index in [1.165, 1.54) is 19.2 Å². The second kappa shape index (κ2) is 7.11. The Balaban J connectivity index is 1.61. The van der Waals surface area contributed by atoms with E-state index in [1.807, 2.05) is 30.3 Å². The van der Waals surface area contributed by atoms with Gasteiger partial charge in [0.05, 0.1) is 12.7 Å². The van der Waals surface area contributed by atoms with Crippen LogP contribution < -0.4 is 4.74 Å². The zero-order valence-corrected chi connectivity index (χ0v) is 14.8. The summed E-state index contributed by atoms with van der Waals surface area (Å²) in [6.07, 6.45) is 1.55. The van der Waals surface area contributed by atoms with Gasteiger partial charge in [0.2, 0.25) is 11.7 Å². The Morgan fingerprint density at radius 1 is 1.26 bits per heavy atom. The first-order valence-electron chi connectivity index (χ1n) is 8.74. The fourth-order valence-corrected chi connectivity index (χ4v) is 3.31. The summed E-state index contributed by atoms with van der Waals surface area (Å²) in [5, 5.41) is 14.2. The normalized spacial score (nSPS) is 16.5. The summed E-state index contributed by atoms with van der Waals surface area (Å²) in [6, 6.07) is 13.8. The van der Waals surface area contributed by atoms with Gasteiger partial charge in [0, 0.05) is 12.1 Å². The van der Waals surface area contributed by atoms with Crippen LogP contribution in [0.3, 0.4) is 0 Å². The van der Waals surface area contributed by atoms with E-state index in [4.69, 9.17) is 9.26 Å². The van der Waals surface area contributed by atoms with Crippen LogP contribution in [0.5, 0.6) is 11.5 Å². The van der Waals surface area contributed by atoms with Gasteiger partial charge in [-0.25, -0.2) is 0 Å². The maximum absolute atomic E-state index is 13.0. The van der Waals surface area contributed by atoms with Crippen LogP contribution in [-0.2, 0) is 0 Å². The molecule has 1 aromatic heterocycles. The van der Waals surface area contributed by atoms with E-state index in [-0.39, 0.29) is 23.3 Å². The van der Waals surface area contributed by atoms with Crippen LogP contribution in [-0.4, -0.2) is 39.7 Å². The summed E-state index contributed by atoms with van der Waals surface area (Å²) in [6.45, 7) is 0.559. The van der Waals surface area contributed by atoms with Crippen LogP contribution in [0.2, 0.25) is 0 Å². The van der Waals surface area contributed by atoms with Crippen molar-refractivity contribution in [3.63, 3.8) is 0 Å². The lowest BCUT2D eigenvalue weighted by molar-refractivity contribution is 0.0706. The highest BCUT2D eigenvalue weighted by Crippen LogP contribution is 2.35. The number of aromatic hydroxyl groups is 1. The van der Waals surface area contributed by atoms with Crippen molar-refractivity contribution in [3.05, 3.63) is 60.0 Å². The maximum atomic E-state index is 13.0. The average molecular weight is 365 g/mol. The number of ether oxygens (including phenoxy) is 1. The van der Waals surface area contributed by atoms with Crippen LogP contribution in [0.15, 0.2) is 53.1 Å². The molecule has 0 bridgehead atoms. The number of nitrogens with zero attached hydrogens (tertiary/aromatic N) is 3. The Hall–Kier alpha value is -3.35. The van der Waals surface area contributed by atoms with Crippen molar-refractivity contribution in [1.29, 1.82) is 0 Å². The van der Waals surface area contributed by atoms with Crippen LogP contribution in [0, 0.1) is 0 Å². The van der Waals surface area contributed by atoms with Gasteiger partial charge in [0.1, 0.15) is 17.5 Å². The lowest BCUT2D eigenvalue weighted by atomic mass is 10.1. The van der Waals surface area contributed by atoms with E-state index in [1.54, 1.807) is 11.0 Å². The van der Waals surface area contributed by atoms with Crippen LogP contribution in [0.4, 0.5) is 0 Å². The molecule has 0 aliphatic carbocycles. The standard InChI is InChI=1S/C20H19N3O4/c1-26-14-9-10-17(24)15(12-14)20(25)23-11-5-8-16(23)19-21-18(22-27-19)13-6-3-2-4-7-13/h2-4,6-7,9-10,12,16,24H,5,8,11H2,1H3. The van der Waals surface area contributed by atoms with Gasteiger partial charge >= 0.3 is 0 Å². The summed E-state index contributed by atoms with van der Waals surface area (Å²) in [5.74, 6) is 1.04. The number of phenols is 1. The number of carbonyl (C=O) groups excluding carboxylic acids is 1. The molecule has 2 heterocycles. The molecule has 4 rings (SSSR count). The Labute approximate surface area is 156 Å². The SMILES string of the molecule is COc1ccc(O)c(C(=O)N2CCCC2c2nc(-c3ccccc3)no2)c1. The highest BCUT2D eigenvalue weighted by Gasteiger charge is 2.35. The Morgan fingerprint density at radius 3 is 2.85 bits per heavy atom. The lowest BCUT2D eigenvalue weighted by Crippen LogP contribution is -2.30. The summed E-state index contributed by atoms with van der Waals surface area (Å²) >= 11 is 0. The quantitative estimate of drug-likeness (QED) is 0.762. The Kier molecular flexibility index (Phi) is 4.50. The molecule has 1 unspecified atom stereocenters. The van der Waals surface area contributed by atoms with E-state index in [2.05, 4.69) is 10.1 Å². The van der Waals surface area contributed by atoms with Crippen molar-refractivity contribution in [2.24, 2.45) is 0 Å². The largest absolute Gasteiger partial charge is 0.507 e. The number of carbonyl (C=O) groups is 1. The van der Waals surface area contributed by atoms with Gasteiger partial charge in [-0.15, -0.1) is 0 Å². The minimum Gasteiger partial charge on any atom is -0.507 e. The molecule has 1 N–H and O–H groups in total. The van der Waals surface area contributed by atoms with Gasteiger partial charge in [0.15, 0.2) is 0 Å². The molecule has 1 aliphatic heterocycles. The Bertz CT molecular complexity index is 955. The molecule has 138 valence electrons. The Morgan fingerprint density at radius 2 is 2.07 bits per heavy atom. The van der Waals surface area contributed by atoms with Crippen molar-refractivity contribution < 1.29 is 19.2 Å². The molecule has 1 atom stereocenters. The summed E-state index contributed by atoms with van der Waals surface area (Å²) in [7, 11) is 1.52. The van der Waals surface area contributed by atoms with Gasteiger partial charge in [-0.2, -0.15) is 4.98 Å². The number of hydrogen-bond donors (Lipinski definition) is 1. The zero-order valence-electron chi connectivity index (χ0n) is 14.8. The van der Waals surface area contributed by atoms with E-state index < -0.39 is 0 Å². The predicted octanol–water partition coefficient (Wildman–Crippen LogP) is 3.43. The first kappa shape index (κ1) is 17.1. The molecule has 1 amide bonds. The van der Waals surface area contributed by atoms with Crippen molar-refractivity contribution in [2.45, 2.75) is 18.9 Å². The number of amides is 1. The van der Waals surface area contributed by atoms with Gasteiger partial charge in [-0.05, 0) is 31.0 Å². The lowest BCUT2D eigenvalue weighted by Gasteiger charge is -2.22.